The monoisotopic (exact) mass is 806 g/mol. The van der Waals surface area contributed by atoms with Crippen molar-refractivity contribution in [2.45, 2.75) is 143 Å². The number of aryl methyl sites for hydroxylation is 3. The molecule has 0 atom stereocenters. The molecule has 0 saturated carbocycles. The molecule has 0 aliphatic carbocycles. The molecule has 0 aromatic carbocycles. The molecule has 0 spiro atoms. The summed E-state index contributed by atoms with van der Waals surface area (Å²) in [6, 6.07) is 13.9. The molecule has 286 valence electrons. The fourth-order valence-corrected chi connectivity index (χ4v) is 13.2. The highest BCUT2D eigenvalue weighted by Crippen LogP contribution is 2.53. The fourth-order valence-electron chi connectivity index (χ4n) is 7.26. The summed E-state index contributed by atoms with van der Waals surface area (Å²) in [4.78, 5) is 24.6. The molecular formula is C45H58O3S5. The molecule has 6 heterocycles. The van der Waals surface area contributed by atoms with E-state index in [1.54, 1.807) is 11.3 Å². The molecule has 1 aliphatic rings. The predicted octanol–water partition coefficient (Wildman–Crippen LogP) is 16.2. The zero-order chi connectivity index (χ0) is 36.8. The van der Waals surface area contributed by atoms with Crippen LogP contribution in [0.25, 0.3) is 39.0 Å². The van der Waals surface area contributed by atoms with Crippen molar-refractivity contribution >= 4 is 63.0 Å². The lowest BCUT2D eigenvalue weighted by atomic mass is 10.0. The number of hydrogen-bond acceptors (Lipinski definition) is 8. The number of hydrogen-bond donors (Lipinski definition) is 0. The summed E-state index contributed by atoms with van der Waals surface area (Å²) in [5, 5.41) is 0. The number of fused-ring (bicyclic) bond motifs is 1. The number of carbonyl (C=O) groups is 1. The van der Waals surface area contributed by atoms with E-state index in [1.807, 2.05) is 45.3 Å². The topological polar surface area (TPSA) is 35.5 Å². The average Bonchev–Trinajstić information content (AvgIpc) is 4.02. The van der Waals surface area contributed by atoms with Gasteiger partial charge < -0.3 is 9.47 Å². The highest BCUT2D eigenvalue weighted by molar-refractivity contribution is 7.30. The molecular weight excluding hydrogens is 749 g/mol. The number of ether oxygens (including phenoxy) is 2. The molecule has 8 heteroatoms. The summed E-state index contributed by atoms with van der Waals surface area (Å²) >= 11 is 9.31. The van der Waals surface area contributed by atoms with Gasteiger partial charge in [-0.25, -0.2) is 0 Å². The van der Waals surface area contributed by atoms with Gasteiger partial charge in [-0.05, 0) is 86.1 Å². The fraction of sp³-hybridized carbons (Fsp3) is 0.533. The van der Waals surface area contributed by atoms with Crippen molar-refractivity contribution < 1.29 is 14.3 Å². The summed E-state index contributed by atoms with van der Waals surface area (Å²) in [6.45, 7) is 8.08. The van der Waals surface area contributed by atoms with Gasteiger partial charge in [0.2, 0.25) is 0 Å². The SMILES string of the molecule is CCCCCCCCc1cc(C=O)sc1-c1ccc(-c2sc(-c3ccc(-c4sc(CCCCCC)c5c4OCCO5)s3)cc2CCCCCCCC)s1. The first-order valence-corrected chi connectivity index (χ1v) is 24.5. The molecule has 0 unspecified atom stereocenters. The quantitative estimate of drug-likeness (QED) is 0.0460. The van der Waals surface area contributed by atoms with Gasteiger partial charge in [-0.15, -0.1) is 56.7 Å². The standard InChI is InChI=1S/C45H58O3S5/c1-4-7-10-13-15-17-20-32-29-34(31-46)49-43(32)37-25-26-38(51-37)44-33(21-18-16-14-11-8-5-2)30-40(53-44)35-23-24-39(50-35)45-42-41(47-27-28-48-42)36(52-45)22-19-12-9-6-3/h23-26,29-31H,4-22,27-28H2,1-3H3. The summed E-state index contributed by atoms with van der Waals surface area (Å²) in [6.07, 6.45) is 24.8. The van der Waals surface area contributed by atoms with Crippen molar-refractivity contribution in [3.05, 3.63) is 57.3 Å². The Morgan fingerprint density at radius 2 is 0.981 bits per heavy atom. The number of unbranched alkanes of at least 4 members (excludes halogenated alkanes) is 13. The molecule has 5 aromatic rings. The van der Waals surface area contributed by atoms with Gasteiger partial charge in [0.05, 0.1) is 14.6 Å². The maximum atomic E-state index is 11.9. The molecule has 0 fully saturated rings. The molecule has 53 heavy (non-hydrogen) atoms. The molecule has 0 amide bonds. The number of rotatable bonds is 24. The highest BCUT2D eigenvalue weighted by atomic mass is 32.1. The number of thiophene rings is 5. The lowest BCUT2D eigenvalue weighted by Gasteiger charge is -2.17. The Kier molecular flexibility index (Phi) is 16.2. The van der Waals surface area contributed by atoms with E-state index in [-0.39, 0.29) is 0 Å². The minimum Gasteiger partial charge on any atom is -0.485 e. The van der Waals surface area contributed by atoms with Crippen LogP contribution in [0.3, 0.4) is 0 Å². The van der Waals surface area contributed by atoms with Crippen molar-refractivity contribution in [3.63, 3.8) is 0 Å². The zero-order valence-corrected chi connectivity index (χ0v) is 36.2. The smallest absolute Gasteiger partial charge is 0.181 e. The molecule has 0 radical (unpaired) electrons. The van der Waals surface area contributed by atoms with Crippen LogP contribution in [-0.2, 0) is 19.3 Å². The lowest BCUT2D eigenvalue weighted by Crippen LogP contribution is -2.15. The van der Waals surface area contributed by atoms with Gasteiger partial charge in [0.1, 0.15) is 13.2 Å². The van der Waals surface area contributed by atoms with Crippen molar-refractivity contribution in [1.82, 2.24) is 0 Å². The maximum absolute atomic E-state index is 11.9. The van der Waals surface area contributed by atoms with Crippen LogP contribution in [0.4, 0.5) is 0 Å². The zero-order valence-electron chi connectivity index (χ0n) is 32.2. The lowest BCUT2D eigenvalue weighted by molar-refractivity contribution is 0.112. The Balaban J connectivity index is 1.24. The first-order valence-electron chi connectivity index (χ1n) is 20.5. The summed E-state index contributed by atoms with van der Waals surface area (Å²) in [5.74, 6) is 1.96. The predicted molar refractivity (Wildman–Crippen MR) is 236 cm³/mol. The number of carbonyl (C=O) groups excluding carboxylic acids is 1. The van der Waals surface area contributed by atoms with E-state index >= 15 is 0 Å². The second kappa shape index (κ2) is 21.2. The molecule has 3 nitrogen and oxygen atoms in total. The van der Waals surface area contributed by atoms with Gasteiger partial charge in [-0.2, -0.15) is 0 Å². The number of aldehydes is 1. The summed E-state index contributed by atoms with van der Waals surface area (Å²) in [7, 11) is 0. The highest BCUT2D eigenvalue weighted by Gasteiger charge is 2.26. The van der Waals surface area contributed by atoms with E-state index in [0.717, 1.165) is 41.9 Å². The van der Waals surface area contributed by atoms with Crippen molar-refractivity contribution in [1.29, 1.82) is 0 Å². The van der Waals surface area contributed by atoms with Gasteiger partial charge in [-0.1, -0.05) is 104 Å². The second-order valence-electron chi connectivity index (χ2n) is 14.5. The Hall–Kier alpha value is -2.23. The third kappa shape index (κ3) is 10.8. The van der Waals surface area contributed by atoms with Crippen LogP contribution in [0.1, 0.15) is 149 Å². The van der Waals surface area contributed by atoms with Crippen LogP contribution in [0.2, 0.25) is 0 Å². The second-order valence-corrected chi connectivity index (χ2v) is 19.9. The van der Waals surface area contributed by atoms with E-state index in [4.69, 9.17) is 9.47 Å². The largest absolute Gasteiger partial charge is 0.485 e. The molecule has 1 aliphatic heterocycles. The molecule has 6 rings (SSSR count). The van der Waals surface area contributed by atoms with Crippen molar-refractivity contribution in [2.75, 3.05) is 13.2 Å². The van der Waals surface area contributed by atoms with E-state index in [2.05, 4.69) is 57.2 Å². The van der Waals surface area contributed by atoms with Gasteiger partial charge in [-0.3, -0.25) is 4.79 Å². The Bertz CT molecular complexity index is 1850. The molecule has 5 aromatic heterocycles. The van der Waals surface area contributed by atoms with Crippen LogP contribution >= 0.6 is 56.7 Å². The first kappa shape index (κ1) is 40.4. The van der Waals surface area contributed by atoms with E-state index < -0.39 is 0 Å². The summed E-state index contributed by atoms with van der Waals surface area (Å²) in [5.41, 5.74) is 2.83. The Morgan fingerprint density at radius 3 is 1.62 bits per heavy atom. The van der Waals surface area contributed by atoms with E-state index in [0.29, 0.717) is 13.2 Å². The Morgan fingerprint density at radius 1 is 0.491 bits per heavy atom. The van der Waals surface area contributed by atoms with Gasteiger partial charge in [0.25, 0.3) is 0 Å². The third-order valence-corrected chi connectivity index (χ3v) is 16.6. The van der Waals surface area contributed by atoms with Gasteiger partial charge in [0, 0.05) is 34.1 Å². The third-order valence-electron chi connectivity index (χ3n) is 10.2. The maximum Gasteiger partial charge on any atom is 0.181 e. The van der Waals surface area contributed by atoms with E-state index in [1.165, 1.54) is 158 Å². The van der Waals surface area contributed by atoms with Gasteiger partial charge >= 0.3 is 0 Å². The van der Waals surface area contributed by atoms with Crippen LogP contribution < -0.4 is 9.47 Å². The average molecular weight is 807 g/mol. The van der Waals surface area contributed by atoms with Crippen LogP contribution in [0, 0.1) is 0 Å². The van der Waals surface area contributed by atoms with Crippen molar-refractivity contribution in [2.24, 2.45) is 0 Å². The normalized spacial score (nSPS) is 12.6. The van der Waals surface area contributed by atoms with Crippen molar-refractivity contribution in [3.8, 4) is 50.5 Å². The Labute approximate surface area is 338 Å². The van der Waals surface area contributed by atoms with Crippen LogP contribution in [0.15, 0.2) is 36.4 Å². The summed E-state index contributed by atoms with van der Waals surface area (Å²) < 4.78 is 12.5. The molecule has 0 saturated heterocycles. The molecule has 0 bridgehead atoms. The molecule has 0 N–H and O–H groups in total. The minimum atomic E-state index is 0.617. The van der Waals surface area contributed by atoms with Gasteiger partial charge in [0.15, 0.2) is 17.8 Å². The van der Waals surface area contributed by atoms with Crippen LogP contribution in [0.5, 0.6) is 11.5 Å². The van der Waals surface area contributed by atoms with E-state index in [9.17, 15) is 4.79 Å². The van der Waals surface area contributed by atoms with Crippen LogP contribution in [-0.4, -0.2) is 19.5 Å². The first-order chi connectivity index (χ1) is 26.1. The minimum absolute atomic E-state index is 0.617.